The molecule has 4 nitrogen and oxygen atoms in total. The maximum Gasteiger partial charge on any atom is 0.224 e. The molecule has 0 bridgehead atoms. The Hall–Kier alpha value is -2.49. The Morgan fingerprint density at radius 1 is 1.24 bits per heavy atom. The van der Waals surface area contributed by atoms with Crippen molar-refractivity contribution >= 4 is 17.3 Å². The molecule has 21 heavy (non-hydrogen) atoms. The number of methoxy groups -OCH3 is 1. The largest absolute Gasteiger partial charge is 0.496 e. The van der Waals surface area contributed by atoms with Crippen LogP contribution in [0.4, 0.5) is 11.4 Å². The number of aryl methyl sites for hydroxylation is 2. The quantitative estimate of drug-likeness (QED) is 0.829. The van der Waals surface area contributed by atoms with Crippen molar-refractivity contribution in [2.24, 2.45) is 0 Å². The molecule has 0 saturated heterocycles. The van der Waals surface area contributed by atoms with Crippen molar-refractivity contribution in [1.29, 1.82) is 0 Å². The number of ether oxygens (including phenoxy) is 1. The monoisotopic (exact) mass is 284 g/mol. The number of amides is 1. The lowest BCUT2D eigenvalue weighted by Crippen LogP contribution is -2.12. The van der Waals surface area contributed by atoms with E-state index >= 15 is 0 Å². The molecule has 110 valence electrons. The number of carbonyl (C=O) groups excluding carboxylic acids is 1. The third-order valence-electron chi connectivity index (χ3n) is 3.27. The van der Waals surface area contributed by atoms with E-state index in [-0.39, 0.29) is 5.91 Å². The summed E-state index contributed by atoms with van der Waals surface area (Å²) >= 11 is 0. The zero-order valence-corrected chi connectivity index (χ0v) is 12.3. The van der Waals surface area contributed by atoms with E-state index in [1.54, 1.807) is 7.11 Å². The second kappa shape index (κ2) is 6.79. The van der Waals surface area contributed by atoms with Crippen LogP contribution >= 0.6 is 0 Å². The number of carbonyl (C=O) groups is 1. The molecule has 2 rings (SSSR count). The highest BCUT2D eigenvalue weighted by molar-refractivity contribution is 5.91. The summed E-state index contributed by atoms with van der Waals surface area (Å²) in [5.74, 6) is 0.801. The van der Waals surface area contributed by atoms with Gasteiger partial charge in [-0.25, -0.2) is 0 Å². The highest BCUT2D eigenvalue weighted by Crippen LogP contribution is 2.21. The van der Waals surface area contributed by atoms with Gasteiger partial charge in [-0.05, 0) is 54.8 Å². The predicted octanol–water partition coefficient (Wildman–Crippen LogP) is 3.16. The number of nitrogens with one attached hydrogen (secondary N) is 1. The molecule has 0 atom stereocenters. The van der Waals surface area contributed by atoms with Gasteiger partial charge in [0.25, 0.3) is 0 Å². The van der Waals surface area contributed by atoms with E-state index in [1.165, 1.54) is 0 Å². The number of anilines is 2. The Labute approximate surface area is 124 Å². The van der Waals surface area contributed by atoms with Crippen LogP contribution < -0.4 is 15.8 Å². The first kappa shape index (κ1) is 14.9. The van der Waals surface area contributed by atoms with E-state index in [1.807, 2.05) is 49.4 Å². The zero-order valence-electron chi connectivity index (χ0n) is 12.3. The van der Waals surface area contributed by atoms with Gasteiger partial charge >= 0.3 is 0 Å². The van der Waals surface area contributed by atoms with Gasteiger partial charge in [0.05, 0.1) is 7.11 Å². The first-order chi connectivity index (χ1) is 10.1. The summed E-state index contributed by atoms with van der Waals surface area (Å²) in [5.41, 5.74) is 9.28. The molecular formula is C17H20N2O2. The molecule has 2 aromatic carbocycles. The fourth-order valence-electron chi connectivity index (χ4n) is 2.19. The fraction of sp³-hybridized carbons (Fsp3) is 0.235. The lowest BCUT2D eigenvalue weighted by atomic mass is 10.1. The van der Waals surface area contributed by atoms with Crippen molar-refractivity contribution in [3.8, 4) is 5.75 Å². The highest BCUT2D eigenvalue weighted by atomic mass is 16.5. The van der Waals surface area contributed by atoms with Crippen molar-refractivity contribution in [3.05, 3.63) is 53.6 Å². The van der Waals surface area contributed by atoms with Crippen LogP contribution in [0.25, 0.3) is 0 Å². The lowest BCUT2D eigenvalue weighted by Gasteiger charge is -2.09. The number of hydrogen-bond donors (Lipinski definition) is 2. The first-order valence-electron chi connectivity index (χ1n) is 6.87. The molecule has 0 unspecified atom stereocenters. The molecule has 0 saturated carbocycles. The maximum absolute atomic E-state index is 12.0. The van der Waals surface area contributed by atoms with Gasteiger partial charge in [0.1, 0.15) is 5.75 Å². The molecule has 0 aliphatic carbocycles. The summed E-state index contributed by atoms with van der Waals surface area (Å²) in [4.78, 5) is 12.0. The van der Waals surface area contributed by atoms with Gasteiger partial charge in [0, 0.05) is 17.8 Å². The lowest BCUT2D eigenvalue weighted by molar-refractivity contribution is -0.116. The molecular weight excluding hydrogens is 264 g/mol. The minimum absolute atomic E-state index is 0.0120. The van der Waals surface area contributed by atoms with Crippen LogP contribution in [-0.2, 0) is 11.2 Å². The number of hydrogen-bond acceptors (Lipinski definition) is 3. The first-order valence-corrected chi connectivity index (χ1v) is 6.87. The van der Waals surface area contributed by atoms with E-state index in [0.29, 0.717) is 12.8 Å². The number of benzene rings is 2. The average Bonchev–Trinajstić information content (AvgIpc) is 2.45. The van der Waals surface area contributed by atoms with Crippen LogP contribution in [0.5, 0.6) is 5.75 Å². The van der Waals surface area contributed by atoms with Crippen molar-refractivity contribution in [2.75, 3.05) is 18.2 Å². The Balaban J connectivity index is 1.91. The Bertz CT molecular complexity index is 638. The second-order valence-corrected chi connectivity index (χ2v) is 4.98. The minimum Gasteiger partial charge on any atom is -0.496 e. The molecule has 0 aromatic heterocycles. The minimum atomic E-state index is -0.0120. The Morgan fingerprint density at radius 3 is 2.71 bits per heavy atom. The number of nitrogen functional groups attached to an aromatic ring is 1. The average molecular weight is 284 g/mol. The van der Waals surface area contributed by atoms with Crippen molar-refractivity contribution in [3.63, 3.8) is 0 Å². The number of rotatable bonds is 5. The summed E-state index contributed by atoms with van der Waals surface area (Å²) < 4.78 is 5.20. The third-order valence-corrected chi connectivity index (χ3v) is 3.27. The molecule has 2 aromatic rings. The summed E-state index contributed by atoms with van der Waals surface area (Å²) in [6.45, 7) is 1.95. The maximum atomic E-state index is 12.0. The predicted molar refractivity (Wildman–Crippen MR) is 85.5 cm³/mol. The number of nitrogens with two attached hydrogens (primary N) is 1. The van der Waals surface area contributed by atoms with Gasteiger partial charge in [-0.3, -0.25) is 4.79 Å². The smallest absolute Gasteiger partial charge is 0.224 e. The van der Waals surface area contributed by atoms with Crippen LogP contribution in [0.1, 0.15) is 17.5 Å². The molecule has 4 heteroatoms. The molecule has 0 heterocycles. The molecule has 0 aliphatic rings. The van der Waals surface area contributed by atoms with E-state index in [0.717, 1.165) is 28.3 Å². The summed E-state index contributed by atoms with van der Waals surface area (Å²) in [6.07, 6.45) is 1.10. The second-order valence-electron chi connectivity index (χ2n) is 4.98. The van der Waals surface area contributed by atoms with Gasteiger partial charge in [-0.2, -0.15) is 0 Å². The molecule has 0 radical (unpaired) electrons. The van der Waals surface area contributed by atoms with Crippen LogP contribution in [-0.4, -0.2) is 13.0 Å². The van der Waals surface area contributed by atoms with Gasteiger partial charge in [-0.1, -0.05) is 12.1 Å². The van der Waals surface area contributed by atoms with Gasteiger partial charge in [-0.15, -0.1) is 0 Å². The molecule has 0 spiro atoms. The zero-order chi connectivity index (χ0) is 15.2. The van der Waals surface area contributed by atoms with Crippen molar-refractivity contribution < 1.29 is 9.53 Å². The summed E-state index contributed by atoms with van der Waals surface area (Å²) in [5, 5.41) is 2.89. The summed E-state index contributed by atoms with van der Waals surface area (Å²) in [7, 11) is 1.63. The van der Waals surface area contributed by atoms with Crippen molar-refractivity contribution in [2.45, 2.75) is 19.8 Å². The standard InChI is InChI=1S/C17H20N2O2/c1-12-10-15(7-8-16(12)21-2)19-17(20)9-6-13-4-3-5-14(18)11-13/h3-5,7-8,10-11H,6,9,18H2,1-2H3,(H,19,20). The highest BCUT2D eigenvalue weighted by Gasteiger charge is 2.05. The molecule has 3 N–H and O–H groups in total. The third kappa shape index (κ3) is 4.24. The SMILES string of the molecule is COc1ccc(NC(=O)CCc2cccc(N)c2)cc1C. The topological polar surface area (TPSA) is 64.3 Å². The molecule has 0 fully saturated rings. The summed E-state index contributed by atoms with van der Waals surface area (Å²) in [6, 6.07) is 13.2. The molecule has 1 amide bonds. The molecule has 0 aliphatic heterocycles. The fourth-order valence-corrected chi connectivity index (χ4v) is 2.19. The van der Waals surface area contributed by atoms with Crippen LogP contribution in [0.2, 0.25) is 0 Å². The van der Waals surface area contributed by atoms with Crippen LogP contribution in [0.15, 0.2) is 42.5 Å². The van der Waals surface area contributed by atoms with Crippen LogP contribution in [0, 0.1) is 6.92 Å². The van der Waals surface area contributed by atoms with E-state index in [4.69, 9.17) is 10.5 Å². The van der Waals surface area contributed by atoms with E-state index in [9.17, 15) is 4.79 Å². The van der Waals surface area contributed by atoms with E-state index < -0.39 is 0 Å². The Kier molecular flexibility index (Phi) is 4.82. The van der Waals surface area contributed by atoms with Gasteiger partial charge in [0.15, 0.2) is 0 Å². The van der Waals surface area contributed by atoms with Crippen molar-refractivity contribution in [1.82, 2.24) is 0 Å². The Morgan fingerprint density at radius 2 is 2.05 bits per heavy atom. The van der Waals surface area contributed by atoms with Gasteiger partial charge < -0.3 is 15.8 Å². The van der Waals surface area contributed by atoms with E-state index in [2.05, 4.69) is 5.32 Å². The normalized spacial score (nSPS) is 10.2. The van der Waals surface area contributed by atoms with Crippen LogP contribution in [0.3, 0.4) is 0 Å². The van der Waals surface area contributed by atoms with Gasteiger partial charge in [0.2, 0.25) is 5.91 Å².